The zero-order chi connectivity index (χ0) is 23.5. The molecule has 124 valence electrons. The zero-order valence-corrected chi connectivity index (χ0v) is 13.6. The largest absolute Gasteiger partial charge is 0.507 e. The van der Waals surface area contributed by atoms with Gasteiger partial charge >= 0.3 is 0 Å². The average Bonchev–Trinajstić information content (AvgIpc) is 2.73. The van der Waals surface area contributed by atoms with Crippen LogP contribution in [-0.2, 0) is 5.70 Å². The molecule has 0 aliphatic heterocycles. The maximum Gasteiger partial charge on any atom is 0.201 e. The molecule has 3 aromatic rings. The molecule has 0 spiro atoms. The number of aromatic hydroxyl groups is 2. The molecule has 0 saturated heterocycles. The van der Waals surface area contributed by atoms with Crippen molar-refractivity contribution in [1.29, 1.82) is 0 Å². The van der Waals surface area contributed by atoms with Crippen LogP contribution in [0.2, 0.25) is 0 Å². The third-order valence-electron chi connectivity index (χ3n) is 3.95. The van der Waals surface area contributed by atoms with E-state index in [1.165, 1.54) is 24.3 Å². The minimum atomic E-state index is -2.48. The fraction of sp³-hybridized carbons (Fsp3) is 0.0952. The number of carbonyl (C=O) groups excluding carboxylic acids is 1. The van der Waals surface area contributed by atoms with E-state index >= 15 is 0 Å². The van der Waals surface area contributed by atoms with Gasteiger partial charge < -0.3 is 10.2 Å². The highest BCUT2D eigenvalue weighted by atomic mass is 32.2. The molecule has 3 aromatic carbocycles. The molecule has 25 heavy (non-hydrogen) atoms. The van der Waals surface area contributed by atoms with E-state index in [9.17, 15) is 15.0 Å². The molecule has 0 saturated carbocycles. The summed E-state index contributed by atoms with van der Waals surface area (Å²) in [6.07, 6.45) is 0. The highest BCUT2D eigenvalue weighted by molar-refractivity contribution is 7.99. The van der Waals surface area contributed by atoms with Crippen LogP contribution in [0.25, 0.3) is 0 Å². The minimum Gasteiger partial charge on any atom is -0.507 e. The standard InChI is InChI=1S/C21H16O3S/c22-16-10-4-8-14-18(16)20(24)19-15(9-5-11-17(19)23)21(14)25-12-13-6-2-1-3-7-13/h1-11,21-23H,12H2/i1D,2D,3D,6D,7D,12D2. The zero-order valence-electron chi connectivity index (χ0n) is 19.8. The van der Waals surface area contributed by atoms with E-state index in [0.29, 0.717) is 22.9 Å². The Kier molecular flexibility index (Phi) is 2.44. The Balaban J connectivity index is 1.93. The van der Waals surface area contributed by atoms with E-state index in [0.717, 1.165) is 0 Å². The van der Waals surface area contributed by atoms with Crippen molar-refractivity contribution in [3.8, 4) is 11.5 Å². The fourth-order valence-corrected chi connectivity index (χ4v) is 3.87. The van der Waals surface area contributed by atoms with Crippen LogP contribution >= 0.6 is 11.8 Å². The summed E-state index contributed by atoms with van der Waals surface area (Å²) in [6, 6.07) is 5.48. The lowest BCUT2D eigenvalue weighted by Crippen LogP contribution is -2.18. The SMILES string of the molecule is [2H]c1c([2H])c([2H])c(C([2H])([2H])SC2c3cccc(O)c3C(=O)c3c(O)cccc32)c([2H])c1[2H]. The van der Waals surface area contributed by atoms with E-state index in [4.69, 9.17) is 9.60 Å². The second-order valence-electron chi connectivity index (χ2n) is 5.41. The van der Waals surface area contributed by atoms with Crippen LogP contribution < -0.4 is 0 Å². The van der Waals surface area contributed by atoms with Gasteiger partial charge in [0.05, 0.1) is 23.2 Å². The molecular formula is C21H16O3S. The van der Waals surface area contributed by atoms with Gasteiger partial charge in [0.1, 0.15) is 11.5 Å². The smallest absolute Gasteiger partial charge is 0.201 e. The second kappa shape index (κ2) is 6.30. The van der Waals surface area contributed by atoms with Crippen LogP contribution in [0.15, 0.2) is 66.6 Å². The molecule has 4 rings (SSSR count). The third kappa shape index (κ3) is 2.68. The molecule has 0 aromatic heterocycles. The monoisotopic (exact) mass is 355 g/mol. The summed E-state index contributed by atoms with van der Waals surface area (Å²) in [7, 11) is 0. The van der Waals surface area contributed by atoms with Crippen molar-refractivity contribution in [1.82, 2.24) is 0 Å². The van der Waals surface area contributed by atoms with E-state index < -0.39 is 52.5 Å². The van der Waals surface area contributed by atoms with Crippen LogP contribution in [0.5, 0.6) is 11.5 Å². The van der Waals surface area contributed by atoms with Gasteiger partial charge in [-0.15, -0.1) is 11.8 Å². The molecule has 3 nitrogen and oxygen atoms in total. The Morgan fingerprint density at radius 2 is 1.52 bits per heavy atom. The van der Waals surface area contributed by atoms with Crippen LogP contribution in [0.1, 0.15) is 47.5 Å². The normalized spacial score (nSPS) is 17.9. The molecule has 2 N–H and O–H groups in total. The Bertz CT molecular complexity index is 1210. The van der Waals surface area contributed by atoms with E-state index in [-0.39, 0.29) is 22.6 Å². The predicted octanol–water partition coefficient (Wildman–Crippen LogP) is 4.67. The van der Waals surface area contributed by atoms with Crippen LogP contribution in [0.4, 0.5) is 0 Å². The average molecular weight is 355 g/mol. The van der Waals surface area contributed by atoms with E-state index in [1.807, 2.05) is 0 Å². The molecule has 0 radical (unpaired) electrons. The van der Waals surface area contributed by atoms with Gasteiger partial charge in [0.15, 0.2) is 0 Å². The number of carbonyl (C=O) groups is 1. The molecule has 0 amide bonds. The van der Waals surface area contributed by atoms with Gasteiger partial charge in [-0.1, -0.05) is 54.5 Å². The first-order chi connectivity index (χ1) is 15.0. The van der Waals surface area contributed by atoms with Gasteiger partial charge in [-0.05, 0) is 28.8 Å². The first kappa shape index (κ1) is 9.68. The molecule has 0 atom stereocenters. The van der Waals surface area contributed by atoms with Crippen molar-refractivity contribution < 1.29 is 24.6 Å². The Morgan fingerprint density at radius 3 is 2.08 bits per heavy atom. The van der Waals surface area contributed by atoms with Gasteiger partial charge in [0.25, 0.3) is 0 Å². The summed E-state index contributed by atoms with van der Waals surface area (Å²) in [4.78, 5) is 13.0. The molecule has 0 unspecified atom stereocenters. The first-order valence-electron chi connectivity index (χ1n) is 10.9. The summed E-state index contributed by atoms with van der Waals surface area (Å²) in [5.74, 6) is -1.25. The summed E-state index contributed by atoms with van der Waals surface area (Å²) in [6.45, 7) is 0. The maximum atomic E-state index is 13.0. The number of fused-ring (bicyclic) bond motifs is 2. The Morgan fingerprint density at radius 1 is 0.960 bits per heavy atom. The number of phenolic OH excluding ortho intramolecular Hbond substituents is 2. The number of hydrogen-bond acceptors (Lipinski definition) is 4. The van der Waals surface area contributed by atoms with Gasteiger partial charge in [-0.25, -0.2) is 0 Å². The summed E-state index contributed by atoms with van der Waals surface area (Å²) >= 11 is 0.623. The molecule has 4 heteroatoms. The molecule has 0 fully saturated rings. The van der Waals surface area contributed by atoms with E-state index in [1.54, 1.807) is 12.1 Å². The number of thioether (sulfide) groups is 1. The number of phenols is 2. The van der Waals surface area contributed by atoms with Gasteiger partial charge in [0.2, 0.25) is 5.78 Å². The van der Waals surface area contributed by atoms with Crippen LogP contribution in [0.3, 0.4) is 0 Å². The molecule has 1 aliphatic carbocycles. The fourth-order valence-electron chi connectivity index (χ4n) is 2.89. The van der Waals surface area contributed by atoms with Crippen molar-refractivity contribution >= 4 is 17.5 Å². The number of ketones is 1. The number of benzene rings is 3. The predicted molar refractivity (Wildman–Crippen MR) is 99.2 cm³/mol. The van der Waals surface area contributed by atoms with Crippen molar-refractivity contribution in [2.45, 2.75) is 11.0 Å². The number of rotatable bonds is 3. The quantitative estimate of drug-likeness (QED) is 0.717. The summed E-state index contributed by atoms with van der Waals surface area (Å²) in [5, 5.41) is 19.8. The lowest BCUT2D eigenvalue weighted by atomic mass is 9.83. The molecular weight excluding hydrogens is 332 g/mol. The van der Waals surface area contributed by atoms with Crippen LogP contribution in [-0.4, -0.2) is 16.0 Å². The summed E-state index contributed by atoms with van der Waals surface area (Å²) in [5.41, 5.74) is -2.55. The molecule has 0 bridgehead atoms. The van der Waals surface area contributed by atoms with Crippen LogP contribution in [0, 0.1) is 0 Å². The highest BCUT2D eigenvalue weighted by Gasteiger charge is 2.35. The van der Waals surface area contributed by atoms with Crippen molar-refractivity contribution in [2.75, 3.05) is 0 Å². The van der Waals surface area contributed by atoms with E-state index in [2.05, 4.69) is 0 Å². The topological polar surface area (TPSA) is 57.5 Å². The first-order valence-corrected chi connectivity index (χ1v) is 8.29. The lowest BCUT2D eigenvalue weighted by Gasteiger charge is -2.28. The molecule has 0 heterocycles. The van der Waals surface area contributed by atoms with Gasteiger partial charge in [0, 0.05) is 8.45 Å². The highest BCUT2D eigenvalue weighted by Crippen LogP contribution is 2.48. The van der Waals surface area contributed by atoms with Gasteiger partial charge in [-0.2, -0.15) is 0 Å². The third-order valence-corrected chi connectivity index (χ3v) is 5.01. The van der Waals surface area contributed by atoms with Crippen molar-refractivity contribution in [2.24, 2.45) is 0 Å². The summed E-state index contributed by atoms with van der Waals surface area (Å²) < 4.78 is 57.0. The Labute approximate surface area is 159 Å². The number of hydrogen-bond donors (Lipinski definition) is 2. The second-order valence-corrected chi connectivity index (χ2v) is 6.32. The Hall–Kier alpha value is -2.72. The lowest BCUT2D eigenvalue weighted by molar-refractivity contribution is 0.102. The van der Waals surface area contributed by atoms with Crippen molar-refractivity contribution in [3.05, 3.63) is 94.4 Å². The molecule has 1 aliphatic rings. The van der Waals surface area contributed by atoms with Crippen molar-refractivity contribution in [3.63, 3.8) is 0 Å². The minimum absolute atomic E-state index is 0.0733. The van der Waals surface area contributed by atoms with Gasteiger partial charge in [-0.3, -0.25) is 4.79 Å². The maximum absolute atomic E-state index is 13.0.